The summed E-state index contributed by atoms with van der Waals surface area (Å²) in [5.74, 6) is -0.400. The van der Waals surface area contributed by atoms with E-state index in [1.165, 1.54) is 12.1 Å². The number of hydrogen-bond acceptors (Lipinski definition) is 7. The Balaban J connectivity index is 1.36. The summed E-state index contributed by atoms with van der Waals surface area (Å²) in [6.07, 6.45) is 7.13. The second-order valence-corrected chi connectivity index (χ2v) is 10.3. The van der Waals surface area contributed by atoms with Crippen molar-refractivity contribution in [3.8, 4) is 33.8 Å². The van der Waals surface area contributed by atoms with Gasteiger partial charge < -0.3 is 20.5 Å². The first-order valence-electron chi connectivity index (χ1n) is 13.6. The average molecular weight is 564 g/mol. The number of nitrogens with zero attached hydrogens (tertiary/aromatic N) is 5. The fourth-order valence-corrected chi connectivity index (χ4v) is 4.85. The van der Waals surface area contributed by atoms with Gasteiger partial charge in [-0.15, -0.1) is 0 Å². The summed E-state index contributed by atoms with van der Waals surface area (Å²) < 4.78 is 14.7. The van der Waals surface area contributed by atoms with Gasteiger partial charge >= 0.3 is 0 Å². The van der Waals surface area contributed by atoms with E-state index in [1.54, 1.807) is 31.7 Å². The summed E-state index contributed by atoms with van der Waals surface area (Å²) >= 11 is 0. The highest BCUT2D eigenvalue weighted by Gasteiger charge is 2.16. The Bertz CT molecular complexity index is 1910. The Kier molecular flexibility index (Phi) is 7.32. The van der Waals surface area contributed by atoms with Gasteiger partial charge in [0.05, 0.1) is 35.0 Å². The molecule has 11 heteroatoms. The standard InChI is InChI=1S/C31H30FN9O/c1-4-29(42)37-22-11-19(15-33-16-22)26-14-25-28(17-36-26)39-40-30(25)27-13-24-23(5-6-35-31(24)38-27)18-9-20(32)12-21(10-18)34-7-8-41(2)3/h5-6,9-17,34H,4,7-8H2,1-3H3,(H,35,38)(H,37,42)(H,39,40). The molecule has 42 heavy (non-hydrogen) atoms. The molecule has 1 aromatic carbocycles. The van der Waals surface area contributed by atoms with Crippen molar-refractivity contribution in [2.75, 3.05) is 37.8 Å². The van der Waals surface area contributed by atoms with Gasteiger partial charge in [0, 0.05) is 53.9 Å². The van der Waals surface area contributed by atoms with Crippen LogP contribution >= 0.6 is 0 Å². The molecule has 1 amide bonds. The van der Waals surface area contributed by atoms with Gasteiger partial charge in [-0.3, -0.25) is 19.9 Å². The van der Waals surface area contributed by atoms with Gasteiger partial charge in [0.25, 0.3) is 0 Å². The van der Waals surface area contributed by atoms with E-state index in [-0.39, 0.29) is 11.7 Å². The molecule has 0 aliphatic heterocycles. The summed E-state index contributed by atoms with van der Waals surface area (Å²) in [7, 11) is 4.00. The maximum Gasteiger partial charge on any atom is 0.224 e. The van der Waals surface area contributed by atoms with Crippen molar-refractivity contribution < 1.29 is 9.18 Å². The van der Waals surface area contributed by atoms with E-state index in [1.807, 2.05) is 44.4 Å². The first kappa shape index (κ1) is 27.0. The lowest BCUT2D eigenvalue weighted by molar-refractivity contribution is -0.115. The summed E-state index contributed by atoms with van der Waals surface area (Å²) in [6.45, 7) is 3.33. The van der Waals surface area contributed by atoms with Crippen LogP contribution in [0.1, 0.15) is 13.3 Å². The molecule has 4 N–H and O–H groups in total. The van der Waals surface area contributed by atoms with E-state index >= 15 is 0 Å². The number of aromatic nitrogens is 6. The number of aromatic amines is 2. The molecule has 212 valence electrons. The Morgan fingerprint density at radius 1 is 0.976 bits per heavy atom. The van der Waals surface area contributed by atoms with E-state index in [4.69, 9.17) is 0 Å². The maximum absolute atomic E-state index is 14.7. The van der Waals surface area contributed by atoms with E-state index < -0.39 is 0 Å². The molecule has 0 aliphatic carbocycles. The molecule has 6 rings (SSSR count). The van der Waals surface area contributed by atoms with Crippen molar-refractivity contribution >= 4 is 39.2 Å². The summed E-state index contributed by atoms with van der Waals surface area (Å²) in [5, 5.41) is 15.5. The van der Waals surface area contributed by atoms with Crippen molar-refractivity contribution in [1.29, 1.82) is 0 Å². The third-order valence-corrected chi connectivity index (χ3v) is 6.97. The van der Waals surface area contributed by atoms with Gasteiger partial charge in [-0.1, -0.05) is 6.92 Å². The summed E-state index contributed by atoms with van der Waals surface area (Å²) in [4.78, 5) is 30.7. The zero-order chi connectivity index (χ0) is 29.2. The minimum absolute atomic E-state index is 0.0867. The van der Waals surface area contributed by atoms with Crippen molar-refractivity contribution in [3.05, 3.63) is 73.1 Å². The van der Waals surface area contributed by atoms with Crippen LogP contribution in [0, 0.1) is 5.82 Å². The van der Waals surface area contributed by atoms with Crippen molar-refractivity contribution in [3.63, 3.8) is 0 Å². The Labute approximate surface area is 241 Å². The number of likely N-dealkylation sites (N-methyl/N-ethyl adjacent to an activating group) is 1. The van der Waals surface area contributed by atoms with Crippen LogP contribution in [0.4, 0.5) is 15.8 Å². The van der Waals surface area contributed by atoms with Crippen LogP contribution in [-0.2, 0) is 4.79 Å². The predicted octanol–water partition coefficient (Wildman–Crippen LogP) is 5.69. The normalized spacial score (nSPS) is 11.5. The fraction of sp³-hybridized carbons (Fsp3) is 0.194. The van der Waals surface area contributed by atoms with Crippen molar-refractivity contribution in [2.45, 2.75) is 13.3 Å². The van der Waals surface area contributed by atoms with E-state index in [0.717, 1.165) is 50.9 Å². The number of hydrogen-bond donors (Lipinski definition) is 4. The Morgan fingerprint density at radius 3 is 2.67 bits per heavy atom. The number of H-pyrrole nitrogens is 2. The molecule has 0 saturated carbocycles. The van der Waals surface area contributed by atoms with Crippen LogP contribution in [-0.4, -0.2) is 68.1 Å². The summed E-state index contributed by atoms with van der Waals surface area (Å²) in [6, 6.07) is 12.6. The van der Waals surface area contributed by atoms with Crippen molar-refractivity contribution in [1.82, 2.24) is 35.0 Å². The SMILES string of the molecule is CCC(=O)Nc1cncc(-c2cc3c(-c4cc5c(-c6cc(F)cc(NCCN(C)C)c6)ccnc5[nH]4)n[nH]c3cn2)c1. The predicted molar refractivity (Wildman–Crippen MR) is 164 cm³/mol. The Hall–Kier alpha value is -5.16. The van der Waals surface area contributed by atoms with Gasteiger partial charge in [0.1, 0.15) is 17.2 Å². The molecule has 0 radical (unpaired) electrons. The molecule has 0 atom stereocenters. The minimum atomic E-state index is -0.313. The molecule has 0 bridgehead atoms. The highest BCUT2D eigenvalue weighted by molar-refractivity contribution is 6.00. The number of rotatable bonds is 9. The number of nitrogens with one attached hydrogen (secondary N) is 4. The number of fused-ring (bicyclic) bond motifs is 2. The van der Waals surface area contributed by atoms with Gasteiger partial charge in [-0.2, -0.15) is 5.10 Å². The second kappa shape index (κ2) is 11.4. The van der Waals surface area contributed by atoms with Crippen molar-refractivity contribution in [2.24, 2.45) is 0 Å². The molecule has 10 nitrogen and oxygen atoms in total. The lowest BCUT2D eigenvalue weighted by Gasteiger charge is -2.13. The van der Waals surface area contributed by atoms with Gasteiger partial charge in [-0.05, 0) is 67.7 Å². The molecular weight excluding hydrogens is 533 g/mol. The number of pyridine rings is 3. The molecule has 5 heterocycles. The zero-order valence-electron chi connectivity index (χ0n) is 23.5. The van der Waals surface area contributed by atoms with E-state index in [2.05, 4.69) is 45.7 Å². The molecule has 0 saturated heterocycles. The van der Waals surface area contributed by atoms with Gasteiger partial charge in [0.15, 0.2) is 0 Å². The number of anilines is 2. The number of amides is 1. The van der Waals surface area contributed by atoms with Crippen LogP contribution in [0.25, 0.3) is 55.7 Å². The highest BCUT2D eigenvalue weighted by atomic mass is 19.1. The third kappa shape index (κ3) is 5.54. The number of carbonyl (C=O) groups excluding carboxylic acids is 1. The molecular formula is C31H30FN9O. The first-order valence-corrected chi connectivity index (χ1v) is 13.6. The molecule has 0 aliphatic rings. The van der Waals surface area contributed by atoms with E-state index in [0.29, 0.717) is 35.7 Å². The molecule has 6 aromatic rings. The molecule has 0 fully saturated rings. The highest BCUT2D eigenvalue weighted by Crippen LogP contribution is 2.35. The molecule has 0 spiro atoms. The van der Waals surface area contributed by atoms with Crippen LogP contribution in [0.2, 0.25) is 0 Å². The first-order chi connectivity index (χ1) is 20.4. The average Bonchev–Trinajstić information content (AvgIpc) is 3.60. The third-order valence-electron chi connectivity index (χ3n) is 6.97. The number of carbonyl (C=O) groups is 1. The van der Waals surface area contributed by atoms with Crippen LogP contribution in [0.3, 0.4) is 0 Å². The van der Waals surface area contributed by atoms with Crippen LogP contribution in [0.5, 0.6) is 0 Å². The van der Waals surface area contributed by atoms with E-state index in [9.17, 15) is 9.18 Å². The molecule has 5 aromatic heterocycles. The van der Waals surface area contributed by atoms with Crippen LogP contribution < -0.4 is 10.6 Å². The second-order valence-electron chi connectivity index (χ2n) is 10.3. The quantitative estimate of drug-likeness (QED) is 0.178. The maximum atomic E-state index is 14.7. The summed E-state index contributed by atoms with van der Waals surface area (Å²) in [5.41, 5.74) is 7.29. The Morgan fingerprint density at radius 2 is 1.83 bits per heavy atom. The number of halogens is 1. The lowest BCUT2D eigenvalue weighted by atomic mass is 10.0. The smallest absolute Gasteiger partial charge is 0.224 e. The van der Waals surface area contributed by atoms with Gasteiger partial charge in [-0.25, -0.2) is 9.37 Å². The molecule has 0 unspecified atom stereocenters. The zero-order valence-corrected chi connectivity index (χ0v) is 23.5. The lowest BCUT2D eigenvalue weighted by Crippen LogP contribution is -2.20. The van der Waals surface area contributed by atoms with Gasteiger partial charge in [0.2, 0.25) is 5.91 Å². The monoisotopic (exact) mass is 563 g/mol. The topological polar surface area (TPSA) is 128 Å². The minimum Gasteiger partial charge on any atom is -0.384 e. The largest absolute Gasteiger partial charge is 0.384 e. The van der Waals surface area contributed by atoms with Crippen LogP contribution in [0.15, 0.2) is 67.3 Å². The number of benzene rings is 1. The fourth-order valence-electron chi connectivity index (χ4n) is 4.85.